The number of methoxy groups -OCH3 is 2. The highest BCUT2D eigenvalue weighted by molar-refractivity contribution is 6.76. The lowest BCUT2D eigenvalue weighted by molar-refractivity contribution is -0.115. The standard InChI is InChI=1S/C10H10Cl3NO3/c1-16-6-3-4-7(8(5-6)17-2)14-9(15)10(11,12)13/h3-5H,1-2H3,(H,14,15). The minimum atomic E-state index is -2.02. The van der Waals surface area contributed by atoms with E-state index in [0.29, 0.717) is 17.2 Å². The van der Waals surface area contributed by atoms with Gasteiger partial charge in [0.05, 0.1) is 19.9 Å². The summed E-state index contributed by atoms with van der Waals surface area (Å²) in [6, 6.07) is 4.84. The maximum atomic E-state index is 11.5. The van der Waals surface area contributed by atoms with Crippen molar-refractivity contribution in [3.05, 3.63) is 18.2 Å². The predicted octanol–water partition coefficient (Wildman–Crippen LogP) is 3.01. The highest BCUT2D eigenvalue weighted by atomic mass is 35.6. The maximum Gasteiger partial charge on any atom is 0.276 e. The first-order valence-corrected chi connectivity index (χ1v) is 5.62. The van der Waals surface area contributed by atoms with Crippen molar-refractivity contribution in [3.8, 4) is 11.5 Å². The van der Waals surface area contributed by atoms with Gasteiger partial charge in [0.2, 0.25) is 0 Å². The lowest BCUT2D eigenvalue weighted by atomic mass is 10.2. The highest BCUT2D eigenvalue weighted by Gasteiger charge is 2.31. The number of hydrogen-bond donors (Lipinski definition) is 1. The molecule has 0 aliphatic heterocycles. The number of ether oxygens (including phenoxy) is 2. The molecule has 7 heteroatoms. The van der Waals surface area contributed by atoms with E-state index in [1.54, 1.807) is 18.2 Å². The van der Waals surface area contributed by atoms with Crippen LogP contribution in [0.5, 0.6) is 11.5 Å². The zero-order valence-corrected chi connectivity index (χ0v) is 11.4. The van der Waals surface area contributed by atoms with Crippen LogP contribution >= 0.6 is 34.8 Å². The molecule has 0 radical (unpaired) electrons. The number of amides is 1. The lowest BCUT2D eigenvalue weighted by Gasteiger charge is -2.14. The first-order valence-electron chi connectivity index (χ1n) is 4.48. The molecule has 0 fully saturated rings. The second-order valence-corrected chi connectivity index (χ2v) is 5.30. The number of benzene rings is 1. The van der Waals surface area contributed by atoms with Crippen molar-refractivity contribution in [3.63, 3.8) is 0 Å². The van der Waals surface area contributed by atoms with Gasteiger partial charge < -0.3 is 14.8 Å². The number of carbonyl (C=O) groups is 1. The Balaban J connectivity index is 2.95. The van der Waals surface area contributed by atoms with Crippen LogP contribution in [-0.4, -0.2) is 23.9 Å². The molecule has 0 heterocycles. The van der Waals surface area contributed by atoms with E-state index in [9.17, 15) is 4.79 Å². The minimum absolute atomic E-state index is 0.393. The van der Waals surface area contributed by atoms with Crippen LogP contribution in [0, 0.1) is 0 Å². The summed E-state index contributed by atoms with van der Waals surface area (Å²) in [5, 5.41) is 2.44. The van der Waals surface area contributed by atoms with Gasteiger partial charge in [0, 0.05) is 6.07 Å². The number of hydrogen-bond acceptors (Lipinski definition) is 3. The van der Waals surface area contributed by atoms with E-state index < -0.39 is 9.70 Å². The fourth-order valence-electron chi connectivity index (χ4n) is 1.09. The van der Waals surface area contributed by atoms with Crippen molar-refractivity contribution in [1.29, 1.82) is 0 Å². The Labute approximate surface area is 114 Å². The van der Waals surface area contributed by atoms with Crippen molar-refractivity contribution in [2.75, 3.05) is 19.5 Å². The van der Waals surface area contributed by atoms with Gasteiger partial charge in [0.15, 0.2) is 0 Å². The van der Waals surface area contributed by atoms with Crippen molar-refractivity contribution in [2.24, 2.45) is 0 Å². The lowest BCUT2D eigenvalue weighted by Crippen LogP contribution is -2.27. The third kappa shape index (κ3) is 3.84. The third-order valence-electron chi connectivity index (χ3n) is 1.91. The summed E-state index contributed by atoms with van der Waals surface area (Å²) in [5.41, 5.74) is 0.393. The topological polar surface area (TPSA) is 47.6 Å². The molecule has 0 aliphatic carbocycles. The molecule has 0 aromatic heterocycles. The molecule has 1 aromatic rings. The van der Waals surface area contributed by atoms with Gasteiger partial charge in [-0.15, -0.1) is 0 Å². The predicted molar refractivity (Wildman–Crippen MR) is 68.5 cm³/mol. The van der Waals surface area contributed by atoms with Crippen LogP contribution < -0.4 is 14.8 Å². The van der Waals surface area contributed by atoms with Crippen LogP contribution in [0.3, 0.4) is 0 Å². The van der Waals surface area contributed by atoms with Crippen LogP contribution in [-0.2, 0) is 4.79 Å². The fraction of sp³-hybridized carbons (Fsp3) is 0.300. The van der Waals surface area contributed by atoms with Gasteiger partial charge in [-0.1, -0.05) is 34.8 Å². The highest BCUT2D eigenvalue weighted by Crippen LogP contribution is 2.32. The van der Waals surface area contributed by atoms with E-state index in [1.165, 1.54) is 14.2 Å². The SMILES string of the molecule is COc1ccc(NC(=O)C(Cl)(Cl)Cl)c(OC)c1. The molecular formula is C10H10Cl3NO3. The van der Waals surface area contributed by atoms with E-state index in [0.717, 1.165) is 0 Å². The monoisotopic (exact) mass is 297 g/mol. The normalized spacial score (nSPS) is 10.9. The molecular weight excluding hydrogens is 288 g/mol. The van der Waals surface area contributed by atoms with Crippen molar-refractivity contribution < 1.29 is 14.3 Å². The number of halogens is 3. The smallest absolute Gasteiger partial charge is 0.276 e. The Bertz CT molecular complexity index is 418. The molecule has 0 atom stereocenters. The summed E-state index contributed by atoms with van der Waals surface area (Å²) < 4.78 is 8.07. The van der Waals surface area contributed by atoms with Crippen molar-refractivity contribution in [1.82, 2.24) is 0 Å². The van der Waals surface area contributed by atoms with Gasteiger partial charge in [-0.2, -0.15) is 0 Å². The molecule has 4 nitrogen and oxygen atoms in total. The van der Waals surface area contributed by atoms with Crippen molar-refractivity contribution in [2.45, 2.75) is 3.79 Å². The minimum Gasteiger partial charge on any atom is -0.497 e. The van der Waals surface area contributed by atoms with Crippen LogP contribution in [0.1, 0.15) is 0 Å². The first kappa shape index (κ1) is 14.2. The molecule has 1 amide bonds. The molecule has 1 N–H and O–H groups in total. The summed E-state index contributed by atoms with van der Waals surface area (Å²) >= 11 is 16.3. The van der Waals surface area contributed by atoms with Crippen LogP contribution in [0.15, 0.2) is 18.2 Å². The Morgan fingerprint density at radius 2 is 1.88 bits per heavy atom. The fourth-order valence-corrected chi connectivity index (χ4v) is 1.24. The van der Waals surface area contributed by atoms with Crippen molar-refractivity contribution >= 4 is 46.4 Å². The second-order valence-electron chi connectivity index (χ2n) is 3.02. The Morgan fingerprint density at radius 1 is 1.24 bits per heavy atom. The van der Waals surface area contributed by atoms with Crippen LogP contribution in [0.4, 0.5) is 5.69 Å². The number of carbonyl (C=O) groups excluding carboxylic acids is 1. The molecule has 17 heavy (non-hydrogen) atoms. The summed E-state index contributed by atoms with van der Waals surface area (Å²) in [6.45, 7) is 0. The van der Waals surface area contributed by atoms with Gasteiger partial charge >= 0.3 is 0 Å². The first-order chi connectivity index (χ1) is 7.88. The molecule has 0 spiro atoms. The quantitative estimate of drug-likeness (QED) is 0.873. The van der Waals surface area contributed by atoms with Gasteiger partial charge in [0.1, 0.15) is 11.5 Å². The largest absolute Gasteiger partial charge is 0.497 e. The van der Waals surface area contributed by atoms with Gasteiger partial charge in [0.25, 0.3) is 9.70 Å². The molecule has 1 rings (SSSR count). The zero-order valence-electron chi connectivity index (χ0n) is 9.09. The van der Waals surface area contributed by atoms with E-state index in [-0.39, 0.29) is 0 Å². The summed E-state index contributed by atoms with van der Waals surface area (Å²) in [6.07, 6.45) is 0. The summed E-state index contributed by atoms with van der Waals surface area (Å²) in [7, 11) is 2.98. The average Bonchev–Trinajstić information content (AvgIpc) is 2.28. The third-order valence-corrected chi connectivity index (χ3v) is 2.43. The Hall–Kier alpha value is -0.840. The van der Waals surface area contributed by atoms with E-state index in [2.05, 4.69) is 5.32 Å². The van der Waals surface area contributed by atoms with E-state index in [1.807, 2.05) is 0 Å². The molecule has 1 aromatic carbocycles. The zero-order chi connectivity index (χ0) is 13.1. The number of anilines is 1. The Morgan fingerprint density at radius 3 is 2.35 bits per heavy atom. The Kier molecular flexibility index (Phi) is 4.74. The molecule has 0 saturated carbocycles. The molecule has 0 saturated heterocycles. The molecule has 0 unspecified atom stereocenters. The van der Waals surface area contributed by atoms with Gasteiger partial charge in [-0.3, -0.25) is 4.79 Å². The molecule has 0 bridgehead atoms. The van der Waals surface area contributed by atoms with Gasteiger partial charge in [-0.05, 0) is 12.1 Å². The van der Waals surface area contributed by atoms with E-state index >= 15 is 0 Å². The average molecular weight is 299 g/mol. The van der Waals surface area contributed by atoms with Crippen LogP contribution in [0.25, 0.3) is 0 Å². The van der Waals surface area contributed by atoms with E-state index in [4.69, 9.17) is 44.3 Å². The van der Waals surface area contributed by atoms with Gasteiger partial charge in [-0.25, -0.2) is 0 Å². The molecule has 0 aliphatic rings. The molecule has 94 valence electrons. The van der Waals surface area contributed by atoms with Crippen LogP contribution in [0.2, 0.25) is 0 Å². The maximum absolute atomic E-state index is 11.5. The second kappa shape index (κ2) is 5.67. The number of nitrogens with one attached hydrogen (secondary N) is 1. The number of alkyl halides is 3. The summed E-state index contributed by atoms with van der Waals surface area (Å²) in [4.78, 5) is 11.5. The summed E-state index contributed by atoms with van der Waals surface area (Å²) in [5.74, 6) is 0.242. The number of rotatable bonds is 3.